The highest BCUT2D eigenvalue weighted by Gasteiger charge is 2.45. The summed E-state index contributed by atoms with van der Waals surface area (Å²) in [6.07, 6.45) is 1.80. The minimum Gasteiger partial charge on any atom is -0.380 e. The van der Waals surface area contributed by atoms with E-state index in [0.29, 0.717) is 17.8 Å². The zero-order valence-electron chi connectivity index (χ0n) is 23.8. The Balaban J connectivity index is 1.08. The number of benzene rings is 3. The van der Waals surface area contributed by atoms with Gasteiger partial charge in [-0.1, -0.05) is 30.3 Å². The molecular weight excluding hydrogens is 554 g/mol. The number of hydrogen-bond donors (Lipinski definition) is 2. The van der Waals surface area contributed by atoms with E-state index in [9.17, 15) is 28.0 Å². The van der Waals surface area contributed by atoms with Gasteiger partial charge in [-0.3, -0.25) is 34.3 Å². The summed E-state index contributed by atoms with van der Waals surface area (Å²) in [5, 5.41) is 5.52. The number of fused-ring (bicyclic) bond motifs is 1. The molecule has 222 valence electrons. The molecule has 3 aliphatic heterocycles. The summed E-state index contributed by atoms with van der Waals surface area (Å²) in [7, 11) is 0. The first-order chi connectivity index (χ1) is 20.7. The lowest BCUT2D eigenvalue weighted by atomic mass is 9.89. The number of aryl methyl sites for hydroxylation is 1. The van der Waals surface area contributed by atoms with Crippen LogP contribution in [0.5, 0.6) is 0 Å². The summed E-state index contributed by atoms with van der Waals surface area (Å²) >= 11 is 0. The predicted octanol–water partition coefficient (Wildman–Crippen LogP) is 4.67. The molecule has 43 heavy (non-hydrogen) atoms. The van der Waals surface area contributed by atoms with Crippen molar-refractivity contribution < 1.29 is 28.0 Å². The molecule has 2 N–H and O–H groups in total. The maximum atomic E-state index is 14.2. The van der Waals surface area contributed by atoms with Gasteiger partial charge in [-0.05, 0) is 85.6 Å². The van der Waals surface area contributed by atoms with E-state index in [1.807, 2.05) is 13.0 Å². The molecule has 8 nitrogen and oxygen atoms in total. The Labute approximate surface area is 248 Å². The van der Waals surface area contributed by atoms with Crippen molar-refractivity contribution in [1.82, 2.24) is 15.1 Å². The molecule has 4 amide bonds. The molecule has 1 unspecified atom stereocenters. The van der Waals surface area contributed by atoms with Crippen LogP contribution in [0.4, 0.5) is 14.5 Å². The van der Waals surface area contributed by atoms with Gasteiger partial charge in [-0.2, -0.15) is 0 Å². The number of halogens is 2. The lowest BCUT2D eigenvalue weighted by Crippen LogP contribution is -2.54. The van der Waals surface area contributed by atoms with Crippen molar-refractivity contribution in [2.45, 2.75) is 57.7 Å². The van der Waals surface area contributed by atoms with Gasteiger partial charge in [0.1, 0.15) is 17.7 Å². The van der Waals surface area contributed by atoms with Gasteiger partial charge in [-0.15, -0.1) is 0 Å². The highest BCUT2D eigenvalue weighted by Crippen LogP contribution is 2.33. The van der Waals surface area contributed by atoms with Crippen molar-refractivity contribution in [1.29, 1.82) is 0 Å². The van der Waals surface area contributed by atoms with E-state index in [1.54, 1.807) is 24.3 Å². The third-order valence-corrected chi connectivity index (χ3v) is 8.74. The van der Waals surface area contributed by atoms with Crippen LogP contribution in [0.15, 0.2) is 54.6 Å². The largest absolute Gasteiger partial charge is 0.380 e. The molecule has 3 heterocycles. The molecule has 10 heteroatoms. The van der Waals surface area contributed by atoms with Crippen LogP contribution in [0.2, 0.25) is 0 Å². The molecule has 0 radical (unpaired) electrons. The monoisotopic (exact) mass is 586 g/mol. The lowest BCUT2D eigenvalue weighted by Gasteiger charge is -2.32. The number of hydrogen-bond acceptors (Lipinski definition) is 6. The first-order valence-electron chi connectivity index (χ1n) is 14.5. The fourth-order valence-electron chi connectivity index (χ4n) is 6.40. The first kappa shape index (κ1) is 28.7. The van der Waals surface area contributed by atoms with E-state index < -0.39 is 41.3 Å². The molecule has 3 aliphatic rings. The van der Waals surface area contributed by atoms with Gasteiger partial charge in [0.2, 0.25) is 11.8 Å². The van der Waals surface area contributed by atoms with Crippen LogP contribution < -0.4 is 10.6 Å². The Bertz CT molecular complexity index is 1630. The van der Waals surface area contributed by atoms with Gasteiger partial charge in [-0.25, -0.2) is 8.78 Å². The Morgan fingerprint density at radius 3 is 2.44 bits per heavy atom. The van der Waals surface area contributed by atoms with Crippen molar-refractivity contribution in [2.24, 2.45) is 0 Å². The van der Waals surface area contributed by atoms with Crippen molar-refractivity contribution in [3.8, 4) is 0 Å². The van der Waals surface area contributed by atoms with Crippen LogP contribution in [0.1, 0.15) is 74.6 Å². The Morgan fingerprint density at radius 2 is 1.72 bits per heavy atom. The topological polar surface area (TPSA) is 98.8 Å². The van der Waals surface area contributed by atoms with Crippen molar-refractivity contribution in [3.05, 3.63) is 99.6 Å². The average molecular weight is 587 g/mol. The molecule has 2 fully saturated rings. The predicted molar refractivity (Wildman–Crippen MR) is 155 cm³/mol. The molecular formula is C33H32F2N4O4. The first-order valence-corrected chi connectivity index (χ1v) is 14.5. The van der Waals surface area contributed by atoms with E-state index in [0.717, 1.165) is 60.1 Å². The minimum atomic E-state index is -1.01. The van der Waals surface area contributed by atoms with E-state index >= 15 is 0 Å². The highest BCUT2D eigenvalue weighted by molar-refractivity contribution is 6.25. The fraction of sp³-hybridized carbons (Fsp3) is 0.333. The van der Waals surface area contributed by atoms with E-state index in [-0.39, 0.29) is 29.9 Å². The van der Waals surface area contributed by atoms with Crippen LogP contribution in [-0.2, 0) is 22.7 Å². The maximum absolute atomic E-state index is 14.2. The molecule has 0 aliphatic carbocycles. The van der Waals surface area contributed by atoms with Crippen LogP contribution in [0.25, 0.3) is 0 Å². The molecule has 3 aromatic carbocycles. The third-order valence-electron chi connectivity index (χ3n) is 8.74. The zero-order chi connectivity index (χ0) is 30.2. The van der Waals surface area contributed by atoms with Gasteiger partial charge >= 0.3 is 0 Å². The van der Waals surface area contributed by atoms with Crippen LogP contribution in [0, 0.1) is 18.6 Å². The van der Waals surface area contributed by atoms with Gasteiger partial charge in [0, 0.05) is 31.3 Å². The maximum Gasteiger partial charge on any atom is 0.264 e. The van der Waals surface area contributed by atoms with Crippen LogP contribution in [-0.4, -0.2) is 52.6 Å². The number of carbonyl (C=O) groups is 4. The second-order valence-electron chi connectivity index (χ2n) is 11.5. The molecule has 0 aromatic heterocycles. The van der Waals surface area contributed by atoms with E-state index in [1.165, 1.54) is 6.07 Å². The summed E-state index contributed by atoms with van der Waals surface area (Å²) in [5.74, 6) is -3.07. The number of likely N-dealkylation sites (tertiary alicyclic amines) is 1. The molecule has 1 atom stereocenters. The summed E-state index contributed by atoms with van der Waals surface area (Å²) in [6.45, 7) is 4.87. The molecule has 6 rings (SSSR count). The number of nitrogens with zero attached hydrogens (tertiary/aromatic N) is 2. The molecule has 3 aromatic rings. The number of imide groups is 2. The standard InChI is InChI=1S/C33H32F2N4O4/c1-19-15-20(18-38-13-11-21(12-14-38)24-8-7-23(34)16-26(24)35)5-6-22(19)17-36-27-4-2-3-25-30(27)33(43)39(32(25)42)28-9-10-29(40)37-31(28)41/h2-8,15-16,21,28,36H,9-14,17-18H2,1H3,(H,37,40,41). The van der Waals surface area contributed by atoms with Gasteiger partial charge in [0.15, 0.2) is 0 Å². The normalized spacial score (nSPS) is 19.5. The number of amides is 4. The molecule has 0 spiro atoms. The van der Waals surface area contributed by atoms with E-state index in [2.05, 4.69) is 27.7 Å². The van der Waals surface area contributed by atoms with Gasteiger partial charge in [0.05, 0.1) is 11.1 Å². The minimum absolute atomic E-state index is 0.0679. The number of anilines is 1. The van der Waals surface area contributed by atoms with Crippen molar-refractivity contribution >= 4 is 29.3 Å². The lowest BCUT2D eigenvalue weighted by molar-refractivity contribution is -0.136. The second-order valence-corrected chi connectivity index (χ2v) is 11.5. The summed E-state index contributed by atoms with van der Waals surface area (Å²) in [5.41, 5.74) is 4.84. The summed E-state index contributed by atoms with van der Waals surface area (Å²) < 4.78 is 27.5. The van der Waals surface area contributed by atoms with E-state index in [4.69, 9.17) is 0 Å². The smallest absolute Gasteiger partial charge is 0.264 e. The summed E-state index contributed by atoms with van der Waals surface area (Å²) in [6, 6.07) is 14.1. The SMILES string of the molecule is Cc1cc(CN2CCC(c3ccc(F)cc3F)CC2)ccc1CNc1cccc2c1C(=O)N(C1CCC(=O)NC1=O)C2=O. The van der Waals surface area contributed by atoms with Crippen molar-refractivity contribution in [2.75, 3.05) is 18.4 Å². The van der Waals surface area contributed by atoms with Crippen molar-refractivity contribution in [3.63, 3.8) is 0 Å². The number of rotatable bonds is 7. The third kappa shape index (κ3) is 5.67. The Kier molecular flexibility index (Phi) is 7.79. The number of piperidine rings is 2. The van der Waals surface area contributed by atoms with Gasteiger partial charge in [0.25, 0.3) is 11.8 Å². The second kappa shape index (κ2) is 11.7. The Hall–Kier alpha value is -4.44. The quantitative estimate of drug-likeness (QED) is 0.391. The number of nitrogens with one attached hydrogen (secondary N) is 2. The molecule has 0 saturated carbocycles. The summed E-state index contributed by atoms with van der Waals surface area (Å²) in [4.78, 5) is 53.7. The number of carbonyl (C=O) groups excluding carboxylic acids is 4. The average Bonchev–Trinajstić information content (AvgIpc) is 3.23. The fourth-order valence-corrected chi connectivity index (χ4v) is 6.40. The zero-order valence-corrected chi connectivity index (χ0v) is 23.8. The van der Waals surface area contributed by atoms with Crippen LogP contribution >= 0.6 is 0 Å². The molecule has 0 bridgehead atoms. The Morgan fingerprint density at radius 1 is 0.930 bits per heavy atom. The molecule has 2 saturated heterocycles. The van der Waals surface area contributed by atoms with Crippen LogP contribution in [0.3, 0.4) is 0 Å². The van der Waals surface area contributed by atoms with Gasteiger partial charge < -0.3 is 5.32 Å². The highest BCUT2D eigenvalue weighted by atomic mass is 19.1.